The number of amides is 4. The first kappa shape index (κ1) is 16.7. The number of carbonyl (C=O) groups excluding carboxylic acids is 4. The van der Waals surface area contributed by atoms with Gasteiger partial charge in [-0.1, -0.05) is 6.08 Å². The lowest BCUT2D eigenvalue weighted by atomic mass is 10.1. The van der Waals surface area contributed by atoms with Crippen molar-refractivity contribution in [1.82, 2.24) is 14.4 Å². The zero-order valence-electron chi connectivity index (χ0n) is 13.5. The van der Waals surface area contributed by atoms with Crippen molar-refractivity contribution in [2.75, 3.05) is 13.1 Å². The Balaban J connectivity index is 2.24. The van der Waals surface area contributed by atoms with Gasteiger partial charge in [0.05, 0.1) is 6.54 Å². The summed E-state index contributed by atoms with van der Waals surface area (Å²) in [5.41, 5.74) is 2.17. The van der Waals surface area contributed by atoms with Gasteiger partial charge in [-0.15, -0.1) is 6.58 Å². The number of aryl methyl sites for hydroxylation is 1. The number of nitrogens with zero attached hydrogens (tertiary/aromatic N) is 3. The molecule has 1 fully saturated rings. The van der Waals surface area contributed by atoms with Crippen LogP contribution in [0.4, 0.5) is 4.79 Å². The minimum absolute atomic E-state index is 0.0571. The van der Waals surface area contributed by atoms with Crippen molar-refractivity contribution in [2.24, 2.45) is 0 Å². The second-order valence-corrected chi connectivity index (χ2v) is 5.33. The van der Waals surface area contributed by atoms with E-state index in [1.54, 1.807) is 6.07 Å². The fourth-order valence-corrected chi connectivity index (χ4v) is 2.78. The minimum Gasteiger partial charge on any atom is -0.349 e. The van der Waals surface area contributed by atoms with Crippen LogP contribution in [0.25, 0.3) is 0 Å². The fraction of sp³-hybridized carbons (Fsp3) is 0.375. The summed E-state index contributed by atoms with van der Waals surface area (Å²) in [4.78, 5) is 49.7. The number of carbonyl (C=O) groups is 4. The Bertz CT molecular complexity index is 717. The summed E-state index contributed by atoms with van der Waals surface area (Å²) in [5.74, 6) is -2.27. The van der Waals surface area contributed by atoms with E-state index >= 15 is 0 Å². The smallest absolute Gasteiger partial charge is 0.334 e. The van der Waals surface area contributed by atoms with Gasteiger partial charge in [0.1, 0.15) is 0 Å². The molecule has 1 aliphatic rings. The summed E-state index contributed by atoms with van der Waals surface area (Å²) in [5, 5.41) is 0. The molecule has 23 heavy (non-hydrogen) atoms. The number of imide groups is 2. The van der Waals surface area contributed by atoms with Crippen LogP contribution >= 0.6 is 0 Å². The zero-order valence-corrected chi connectivity index (χ0v) is 13.5. The maximum atomic E-state index is 12.5. The molecule has 0 saturated carbocycles. The Hall–Kier alpha value is -2.70. The molecule has 122 valence electrons. The third kappa shape index (κ3) is 2.69. The lowest BCUT2D eigenvalue weighted by Crippen LogP contribution is -2.37. The van der Waals surface area contributed by atoms with Gasteiger partial charge < -0.3 is 4.57 Å². The predicted molar refractivity (Wildman–Crippen MR) is 82.9 cm³/mol. The normalized spacial score (nSPS) is 14.8. The van der Waals surface area contributed by atoms with Crippen LogP contribution in [0.2, 0.25) is 0 Å². The molecule has 7 heteroatoms. The molecular weight excluding hydrogens is 298 g/mol. The number of Topliss-reactive ketones (excluding diaryl/α,β-unsaturated/α-hetero) is 1. The summed E-state index contributed by atoms with van der Waals surface area (Å²) >= 11 is 0. The molecule has 0 aliphatic carbocycles. The van der Waals surface area contributed by atoms with Gasteiger partial charge in [0.25, 0.3) is 0 Å². The van der Waals surface area contributed by atoms with Crippen molar-refractivity contribution in [3.63, 3.8) is 0 Å². The number of aromatic nitrogens is 1. The van der Waals surface area contributed by atoms with Crippen LogP contribution in [-0.2, 0) is 16.1 Å². The average Bonchev–Trinajstić information content (AvgIpc) is 2.91. The average molecular weight is 317 g/mol. The first-order valence-electron chi connectivity index (χ1n) is 7.31. The molecule has 4 amide bonds. The Morgan fingerprint density at radius 1 is 1.17 bits per heavy atom. The number of ketones is 1. The van der Waals surface area contributed by atoms with Crippen LogP contribution < -0.4 is 0 Å². The molecule has 0 radical (unpaired) electrons. The van der Waals surface area contributed by atoms with Crippen molar-refractivity contribution in [1.29, 1.82) is 0 Å². The quantitative estimate of drug-likeness (QED) is 0.343. The van der Waals surface area contributed by atoms with Crippen LogP contribution in [0.5, 0.6) is 0 Å². The molecule has 1 aromatic heterocycles. The molecule has 0 bridgehead atoms. The van der Waals surface area contributed by atoms with Crippen molar-refractivity contribution in [2.45, 2.75) is 27.3 Å². The van der Waals surface area contributed by atoms with Crippen molar-refractivity contribution in [3.8, 4) is 0 Å². The maximum Gasteiger partial charge on any atom is 0.334 e. The van der Waals surface area contributed by atoms with E-state index in [2.05, 4.69) is 6.58 Å². The Labute approximate surface area is 134 Å². The highest BCUT2D eigenvalue weighted by Gasteiger charge is 2.44. The number of hydrogen-bond acceptors (Lipinski definition) is 4. The zero-order chi connectivity index (χ0) is 17.3. The van der Waals surface area contributed by atoms with Crippen molar-refractivity contribution >= 4 is 23.6 Å². The van der Waals surface area contributed by atoms with Crippen LogP contribution in [0, 0.1) is 13.8 Å². The third-order valence-electron chi connectivity index (χ3n) is 3.94. The second kappa shape index (κ2) is 6.20. The van der Waals surface area contributed by atoms with Gasteiger partial charge in [0, 0.05) is 30.0 Å². The van der Waals surface area contributed by atoms with E-state index in [0.717, 1.165) is 22.8 Å². The van der Waals surface area contributed by atoms with E-state index in [1.807, 2.05) is 25.3 Å². The van der Waals surface area contributed by atoms with Gasteiger partial charge in [-0.3, -0.25) is 19.3 Å². The van der Waals surface area contributed by atoms with Gasteiger partial charge in [0.2, 0.25) is 0 Å². The summed E-state index contributed by atoms with van der Waals surface area (Å²) < 4.78 is 1.97. The van der Waals surface area contributed by atoms with Crippen molar-refractivity contribution in [3.05, 3.63) is 35.7 Å². The minimum atomic E-state index is -0.977. The predicted octanol–water partition coefficient (Wildman–Crippen LogP) is 1.28. The molecule has 0 atom stereocenters. The third-order valence-corrected chi connectivity index (χ3v) is 3.94. The first-order chi connectivity index (χ1) is 10.8. The summed E-state index contributed by atoms with van der Waals surface area (Å²) in [6.45, 7) is 9.32. The molecule has 1 aliphatic heterocycles. The molecule has 7 nitrogen and oxygen atoms in total. The van der Waals surface area contributed by atoms with Crippen LogP contribution in [0.3, 0.4) is 0 Å². The van der Waals surface area contributed by atoms with E-state index in [9.17, 15) is 19.2 Å². The lowest BCUT2D eigenvalue weighted by Gasteiger charge is -2.13. The molecule has 2 heterocycles. The van der Waals surface area contributed by atoms with E-state index < -0.39 is 24.4 Å². The standard InChI is InChI=1S/C16H19N3O4/c1-5-7-18-14(21)15(22)19(16(18)23)9-13(20)12-8-10(3)17(6-2)11(12)4/h5,8H,1,6-7,9H2,2-4H3. The highest BCUT2D eigenvalue weighted by atomic mass is 16.2. The molecule has 0 N–H and O–H groups in total. The monoisotopic (exact) mass is 317 g/mol. The van der Waals surface area contributed by atoms with Gasteiger partial charge in [-0.2, -0.15) is 0 Å². The van der Waals surface area contributed by atoms with E-state index in [0.29, 0.717) is 10.5 Å². The first-order valence-corrected chi connectivity index (χ1v) is 7.31. The maximum absolute atomic E-state index is 12.5. The molecule has 1 saturated heterocycles. The number of rotatable bonds is 6. The summed E-state index contributed by atoms with van der Waals surface area (Å²) in [6.07, 6.45) is 1.35. The van der Waals surface area contributed by atoms with Crippen molar-refractivity contribution < 1.29 is 19.2 Å². The lowest BCUT2D eigenvalue weighted by molar-refractivity contribution is -0.142. The Morgan fingerprint density at radius 3 is 2.30 bits per heavy atom. The van der Waals surface area contributed by atoms with Crippen LogP contribution in [-0.4, -0.2) is 51.1 Å². The summed E-state index contributed by atoms with van der Waals surface area (Å²) in [7, 11) is 0. The largest absolute Gasteiger partial charge is 0.349 e. The molecule has 1 aromatic rings. The molecule has 0 aromatic carbocycles. The second-order valence-electron chi connectivity index (χ2n) is 5.33. The fourth-order valence-electron chi connectivity index (χ4n) is 2.78. The van der Waals surface area contributed by atoms with Gasteiger partial charge in [-0.05, 0) is 26.8 Å². The number of hydrogen-bond donors (Lipinski definition) is 0. The number of urea groups is 1. The van der Waals surface area contributed by atoms with E-state index in [4.69, 9.17) is 0 Å². The van der Waals surface area contributed by atoms with Gasteiger partial charge >= 0.3 is 17.8 Å². The SMILES string of the molecule is C=CCN1C(=O)C(=O)N(CC(=O)c2cc(C)n(CC)c2C)C1=O. The van der Waals surface area contributed by atoms with Crippen LogP contribution in [0.15, 0.2) is 18.7 Å². The van der Waals surface area contributed by atoms with Gasteiger partial charge in [-0.25, -0.2) is 9.69 Å². The van der Waals surface area contributed by atoms with E-state index in [-0.39, 0.29) is 12.3 Å². The summed E-state index contributed by atoms with van der Waals surface area (Å²) in [6, 6.07) is 0.952. The molecule has 2 rings (SSSR count). The highest BCUT2D eigenvalue weighted by molar-refractivity contribution is 6.45. The van der Waals surface area contributed by atoms with Gasteiger partial charge in [0.15, 0.2) is 5.78 Å². The molecule has 0 unspecified atom stereocenters. The Morgan fingerprint density at radius 2 is 1.78 bits per heavy atom. The highest BCUT2D eigenvalue weighted by Crippen LogP contribution is 2.18. The topological polar surface area (TPSA) is 79.7 Å². The molecule has 0 spiro atoms. The Kier molecular flexibility index (Phi) is 4.49. The molecular formula is C16H19N3O4. The van der Waals surface area contributed by atoms with E-state index in [1.165, 1.54) is 6.08 Å². The van der Waals surface area contributed by atoms with Crippen LogP contribution in [0.1, 0.15) is 28.7 Å².